The molecular formula is C12H19N3O4. The van der Waals surface area contributed by atoms with E-state index in [-0.39, 0.29) is 5.97 Å². The molecule has 106 valence electrons. The lowest BCUT2D eigenvalue weighted by Crippen LogP contribution is -2.54. The highest BCUT2D eigenvalue weighted by molar-refractivity contribution is 5.96. The first-order chi connectivity index (χ1) is 9.15. The molecule has 7 heteroatoms. The zero-order valence-corrected chi connectivity index (χ0v) is 11.1. The van der Waals surface area contributed by atoms with Crippen LogP contribution in [0.25, 0.3) is 0 Å². The number of carbonyl (C=O) groups is 3. The summed E-state index contributed by atoms with van der Waals surface area (Å²) in [5.74, 6) is -0.379. The number of esters is 1. The first-order valence-electron chi connectivity index (χ1n) is 6.67. The van der Waals surface area contributed by atoms with Gasteiger partial charge in [-0.15, -0.1) is 0 Å². The lowest BCUT2D eigenvalue weighted by molar-refractivity contribution is -0.149. The predicted octanol–water partition coefficient (Wildman–Crippen LogP) is 0.549. The number of ether oxygens (including phenoxy) is 1. The molecule has 0 aromatic rings. The second-order valence-electron chi connectivity index (χ2n) is 4.62. The number of urea groups is 2. The molecule has 0 bridgehead atoms. The van der Waals surface area contributed by atoms with Crippen LogP contribution >= 0.6 is 0 Å². The molecule has 19 heavy (non-hydrogen) atoms. The molecule has 2 fully saturated rings. The lowest BCUT2D eigenvalue weighted by atomic mass is 10.0. The Balaban J connectivity index is 2.08. The Labute approximate surface area is 111 Å². The highest BCUT2D eigenvalue weighted by Crippen LogP contribution is 2.20. The van der Waals surface area contributed by atoms with Gasteiger partial charge in [0.2, 0.25) is 0 Å². The Morgan fingerprint density at radius 1 is 1.37 bits per heavy atom. The second kappa shape index (κ2) is 5.90. The zero-order chi connectivity index (χ0) is 13.8. The van der Waals surface area contributed by atoms with Crippen molar-refractivity contribution in [2.24, 2.45) is 0 Å². The highest BCUT2D eigenvalue weighted by Gasteiger charge is 2.38. The van der Waals surface area contributed by atoms with Crippen molar-refractivity contribution in [3.63, 3.8) is 0 Å². The first-order valence-corrected chi connectivity index (χ1v) is 6.67. The molecule has 0 aliphatic carbocycles. The van der Waals surface area contributed by atoms with Gasteiger partial charge in [0.05, 0.1) is 6.61 Å². The zero-order valence-electron chi connectivity index (χ0n) is 11.1. The van der Waals surface area contributed by atoms with Crippen molar-refractivity contribution in [3.05, 3.63) is 0 Å². The average Bonchev–Trinajstić information content (AvgIpc) is 2.84. The molecule has 7 nitrogen and oxygen atoms in total. The van der Waals surface area contributed by atoms with Crippen LogP contribution in [0.1, 0.15) is 26.2 Å². The van der Waals surface area contributed by atoms with E-state index < -0.39 is 18.1 Å². The van der Waals surface area contributed by atoms with E-state index in [4.69, 9.17) is 4.74 Å². The summed E-state index contributed by atoms with van der Waals surface area (Å²) in [6.07, 6.45) is 2.33. The van der Waals surface area contributed by atoms with Crippen LogP contribution in [-0.2, 0) is 9.53 Å². The Morgan fingerprint density at radius 3 is 2.79 bits per heavy atom. The maximum absolute atomic E-state index is 12.3. The van der Waals surface area contributed by atoms with Crippen LogP contribution in [0, 0.1) is 0 Å². The van der Waals surface area contributed by atoms with Gasteiger partial charge in [0, 0.05) is 19.6 Å². The van der Waals surface area contributed by atoms with Crippen LogP contribution in [0.5, 0.6) is 0 Å². The quantitative estimate of drug-likeness (QED) is 0.742. The monoisotopic (exact) mass is 269 g/mol. The minimum atomic E-state index is -0.561. The number of carbonyl (C=O) groups excluding carboxylic acids is 3. The van der Waals surface area contributed by atoms with Gasteiger partial charge in [-0.3, -0.25) is 0 Å². The number of nitrogens with zero attached hydrogens (tertiary/aromatic N) is 2. The molecule has 2 rings (SSSR count). The molecule has 0 aromatic carbocycles. The van der Waals surface area contributed by atoms with Gasteiger partial charge in [-0.1, -0.05) is 0 Å². The predicted molar refractivity (Wildman–Crippen MR) is 66.5 cm³/mol. The molecule has 2 aliphatic rings. The summed E-state index contributed by atoms with van der Waals surface area (Å²) < 4.78 is 5.00. The third-order valence-corrected chi connectivity index (χ3v) is 3.39. The van der Waals surface area contributed by atoms with Crippen molar-refractivity contribution in [3.8, 4) is 0 Å². The molecule has 2 saturated heterocycles. The summed E-state index contributed by atoms with van der Waals surface area (Å²) in [7, 11) is 0. The molecule has 1 N–H and O–H groups in total. The normalized spacial score (nSPS) is 23.2. The number of piperidine rings is 1. The lowest BCUT2D eigenvalue weighted by Gasteiger charge is -2.35. The Morgan fingerprint density at radius 2 is 2.16 bits per heavy atom. The van der Waals surface area contributed by atoms with Gasteiger partial charge < -0.3 is 15.0 Å². The van der Waals surface area contributed by atoms with Gasteiger partial charge in [-0.25, -0.2) is 19.3 Å². The molecule has 0 aromatic heterocycles. The fourth-order valence-electron chi connectivity index (χ4n) is 2.45. The average molecular weight is 269 g/mol. The fraction of sp³-hybridized carbons (Fsp3) is 0.750. The van der Waals surface area contributed by atoms with E-state index in [9.17, 15) is 14.4 Å². The number of rotatable bonds is 2. The van der Waals surface area contributed by atoms with Gasteiger partial charge in [-0.05, 0) is 26.2 Å². The Kier molecular flexibility index (Phi) is 4.24. The summed E-state index contributed by atoms with van der Waals surface area (Å²) in [4.78, 5) is 38.3. The second-order valence-corrected chi connectivity index (χ2v) is 4.62. The van der Waals surface area contributed by atoms with Crippen LogP contribution in [0.2, 0.25) is 0 Å². The van der Waals surface area contributed by atoms with Crippen LogP contribution in [0.3, 0.4) is 0 Å². The third kappa shape index (κ3) is 2.80. The van der Waals surface area contributed by atoms with E-state index in [0.29, 0.717) is 32.7 Å². The molecular weight excluding hydrogens is 250 g/mol. The van der Waals surface area contributed by atoms with Gasteiger partial charge in [0.25, 0.3) is 0 Å². The summed E-state index contributed by atoms with van der Waals surface area (Å²) in [6.45, 7) is 3.33. The molecule has 2 heterocycles. The van der Waals surface area contributed by atoms with E-state index in [0.717, 1.165) is 17.7 Å². The van der Waals surface area contributed by atoms with Crippen molar-refractivity contribution in [1.29, 1.82) is 0 Å². The fourth-order valence-corrected chi connectivity index (χ4v) is 2.45. The first kappa shape index (κ1) is 13.6. The van der Waals surface area contributed by atoms with Crippen molar-refractivity contribution < 1.29 is 19.1 Å². The minimum Gasteiger partial charge on any atom is -0.464 e. The SMILES string of the molecule is CCOC(=O)[C@@H]1CCCCN1C(=O)N1CCNC1=O. The summed E-state index contributed by atoms with van der Waals surface area (Å²) in [5, 5.41) is 2.58. The molecule has 0 radical (unpaired) electrons. The molecule has 1 atom stereocenters. The topological polar surface area (TPSA) is 79.0 Å². The maximum atomic E-state index is 12.3. The van der Waals surface area contributed by atoms with Crippen molar-refractivity contribution in [2.75, 3.05) is 26.2 Å². The van der Waals surface area contributed by atoms with Crippen LogP contribution in [-0.4, -0.2) is 60.1 Å². The highest BCUT2D eigenvalue weighted by atomic mass is 16.5. The van der Waals surface area contributed by atoms with Gasteiger partial charge in [0.1, 0.15) is 6.04 Å². The third-order valence-electron chi connectivity index (χ3n) is 3.39. The van der Waals surface area contributed by atoms with E-state index in [1.807, 2.05) is 0 Å². The van der Waals surface area contributed by atoms with Crippen LogP contribution in [0.4, 0.5) is 9.59 Å². The summed E-state index contributed by atoms with van der Waals surface area (Å²) in [5.41, 5.74) is 0. The Bertz CT molecular complexity index is 385. The molecule has 0 saturated carbocycles. The number of imide groups is 1. The van der Waals surface area contributed by atoms with Crippen LogP contribution in [0.15, 0.2) is 0 Å². The molecule has 2 aliphatic heterocycles. The smallest absolute Gasteiger partial charge is 0.328 e. The standard InChI is InChI=1S/C12H19N3O4/c1-2-19-10(16)9-5-3-4-7-14(9)12(18)15-8-6-13-11(15)17/h9H,2-8H2,1H3,(H,13,17)/t9-/m0/s1. The van der Waals surface area contributed by atoms with E-state index in [2.05, 4.69) is 5.32 Å². The Hall–Kier alpha value is -1.79. The summed E-state index contributed by atoms with van der Waals surface area (Å²) >= 11 is 0. The molecule has 4 amide bonds. The number of nitrogens with one attached hydrogen (secondary N) is 1. The minimum absolute atomic E-state index is 0.293. The van der Waals surface area contributed by atoms with E-state index in [1.165, 1.54) is 4.90 Å². The van der Waals surface area contributed by atoms with Gasteiger partial charge in [0.15, 0.2) is 0 Å². The summed E-state index contributed by atoms with van der Waals surface area (Å²) in [6, 6.07) is -1.35. The number of likely N-dealkylation sites (tertiary alicyclic amines) is 1. The maximum Gasteiger partial charge on any atom is 0.328 e. The largest absolute Gasteiger partial charge is 0.464 e. The van der Waals surface area contributed by atoms with Crippen molar-refractivity contribution in [1.82, 2.24) is 15.1 Å². The van der Waals surface area contributed by atoms with Crippen LogP contribution < -0.4 is 5.32 Å². The molecule has 0 spiro atoms. The number of hydrogen-bond donors (Lipinski definition) is 1. The van der Waals surface area contributed by atoms with Gasteiger partial charge in [-0.2, -0.15) is 0 Å². The van der Waals surface area contributed by atoms with E-state index >= 15 is 0 Å². The number of amides is 4. The van der Waals surface area contributed by atoms with E-state index in [1.54, 1.807) is 6.92 Å². The van der Waals surface area contributed by atoms with Crippen molar-refractivity contribution >= 4 is 18.0 Å². The van der Waals surface area contributed by atoms with Gasteiger partial charge >= 0.3 is 18.0 Å². The molecule has 0 unspecified atom stereocenters. The number of hydrogen-bond acceptors (Lipinski definition) is 4. The van der Waals surface area contributed by atoms with Crippen molar-refractivity contribution in [2.45, 2.75) is 32.2 Å².